The SMILES string of the molecule is CC[C@H](C)[C@H](NCCC(=O)/C=C/c1ccco1)C(=O)OC. The fourth-order valence-corrected chi connectivity index (χ4v) is 1.87. The van der Waals surface area contributed by atoms with E-state index in [1.165, 1.54) is 13.2 Å². The van der Waals surface area contributed by atoms with Gasteiger partial charge in [0, 0.05) is 13.0 Å². The number of carbonyl (C=O) groups excluding carboxylic acids is 2. The topological polar surface area (TPSA) is 68.5 Å². The van der Waals surface area contributed by atoms with Gasteiger partial charge in [-0.1, -0.05) is 20.3 Å². The third-order valence-electron chi connectivity index (χ3n) is 3.38. The predicted molar refractivity (Wildman–Crippen MR) is 80.6 cm³/mol. The van der Waals surface area contributed by atoms with Crippen LogP contribution in [0.2, 0.25) is 0 Å². The molecule has 1 N–H and O–H groups in total. The molecule has 0 unspecified atom stereocenters. The van der Waals surface area contributed by atoms with Gasteiger partial charge < -0.3 is 14.5 Å². The van der Waals surface area contributed by atoms with E-state index in [9.17, 15) is 9.59 Å². The van der Waals surface area contributed by atoms with Crippen molar-refractivity contribution < 1.29 is 18.7 Å². The maximum Gasteiger partial charge on any atom is 0.323 e. The first-order valence-electron chi connectivity index (χ1n) is 7.14. The molecule has 21 heavy (non-hydrogen) atoms. The van der Waals surface area contributed by atoms with Crippen molar-refractivity contribution in [1.82, 2.24) is 5.32 Å². The molecular formula is C16H23NO4. The summed E-state index contributed by atoms with van der Waals surface area (Å²) in [6.07, 6.45) is 5.85. The van der Waals surface area contributed by atoms with Crippen LogP contribution in [0.25, 0.3) is 6.08 Å². The Balaban J connectivity index is 2.39. The van der Waals surface area contributed by atoms with E-state index in [4.69, 9.17) is 9.15 Å². The molecule has 0 amide bonds. The fraction of sp³-hybridized carbons (Fsp3) is 0.500. The average molecular weight is 293 g/mol. The number of nitrogens with one attached hydrogen (secondary N) is 1. The van der Waals surface area contributed by atoms with Crippen LogP contribution < -0.4 is 5.32 Å². The molecule has 0 aliphatic carbocycles. The van der Waals surface area contributed by atoms with Crippen molar-refractivity contribution in [3.63, 3.8) is 0 Å². The third-order valence-corrected chi connectivity index (χ3v) is 3.38. The fourth-order valence-electron chi connectivity index (χ4n) is 1.87. The highest BCUT2D eigenvalue weighted by Crippen LogP contribution is 2.09. The maximum atomic E-state index is 11.7. The van der Waals surface area contributed by atoms with Crippen LogP contribution in [-0.4, -0.2) is 31.4 Å². The number of allylic oxidation sites excluding steroid dienone is 1. The minimum absolute atomic E-state index is 0.0216. The zero-order valence-corrected chi connectivity index (χ0v) is 12.8. The highest BCUT2D eigenvalue weighted by atomic mass is 16.5. The van der Waals surface area contributed by atoms with Crippen molar-refractivity contribution in [2.45, 2.75) is 32.7 Å². The molecule has 0 saturated carbocycles. The number of hydrogen-bond donors (Lipinski definition) is 1. The second-order valence-electron chi connectivity index (χ2n) is 4.91. The lowest BCUT2D eigenvalue weighted by atomic mass is 9.99. The van der Waals surface area contributed by atoms with Gasteiger partial charge in [0.05, 0.1) is 13.4 Å². The van der Waals surface area contributed by atoms with Crippen LogP contribution in [0.4, 0.5) is 0 Å². The normalized spacial score (nSPS) is 14.0. The number of hydrogen-bond acceptors (Lipinski definition) is 5. The van der Waals surface area contributed by atoms with Crippen LogP contribution in [0.1, 0.15) is 32.4 Å². The summed E-state index contributed by atoms with van der Waals surface area (Å²) in [7, 11) is 1.37. The highest BCUT2D eigenvalue weighted by molar-refractivity contribution is 5.93. The lowest BCUT2D eigenvalue weighted by molar-refractivity contribution is -0.144. The molecule has 0 saturated heterocycles. The van der Waals surface area contributed by atoms with Gasteiger partial charge in [-0.25, -0.2) is 0 Å². The Labute approximate surface area is 125 Å². The van der Waals surface area contributed by atoms with Crippen molar-refractivity contribution in [3.05, 3.63) is 30.2 Å². The molecule has 1 aromatic heterocycles. The van der Waals surface area contributed by atoms with Crippen LogP contribution >= 0.6 is 0 Å². The number of methoxy groups -OCH3 is 1. The van der Waals surface area contributed by atoms with E-state index in [-0.39, 0.29) is 23.7 Å². The average Bonchev–Trinajstić information content (AvgIpc) is 3.01. The summed E-state index contributed by atoms with van der Waals surface area (Å²) in [5, 5.41) is 3.09. The van der Waals surface area contributed by atoms with Crippen LogP contribution in [0.15, 0.2) is 28.9 Å². The number of carbonyl (C=O) groups is 2. The molecule has 1 rings (SSSR count). The molecule has 0 radical (unpaired) electrons. The molecule has 0 aliphatic heterocycles. The van der Waals surface area contributed by atoms with Gasteiger partial charge in [-0.2, -0.15) is 0 Å². The summed E-state index contributed by atoms with van der Waals surface area (Å²) in [6, 6.07) is 3.17. The van der Waals surface area contributed by atoms with Gasteiger partial charge in [-0.05, 0) is 30.2 Å². The van der Waals surface area contributed by atoms with E-state index >= 15 is 0 Å². The van der Waals surface area contributed by atoms with Gasteiger partial charge in [0.15, 0.2) is 5.78 Å². The number of ether oxygens (including phenoxy) is 1. The number of rotatable bonds is 9. The largest absolute Gasteiger partial charge is 0.468 e. The minimum Gasteiger partial charge on any atom is -0.468 e. The molecule has 1 aromatic rings. The molecule has 0 bridgehead atoms. The standard InChI is InChI=1S/C16H23NO4/c1-4-12(2)15(16(19)20-3)17-10-9-13(18)7-8-14-6-5-11-21-14/h5-8,11-12,15,17H,4,9-10H2,1-3H3/b8-7+/t12-,15-/m0/s1. The molecule has 0 fully saturated rings. The molecule has 116 valence electrons. The molecule has 2 atom stereocenters. The summed E-state index contributed by atoms with van der Waals surface area (Å²) >= 11 is 0. The summed E-state index contributed by atoms with van der Waals surface area (Å²) in [5.74, 6) is 0.490. The summed E-state index contributed by atoms with van der Waals surface area (Å²) < 4.78 is 9.88. The first-order chi connectivity index (χ1) is 10.1. The Morgan fingerprint density at radius 2 is 2.24 bits per heavy atom. The Bertz CT molecular complexity index is 465. The van der Waals surface area contributed by atoms with E-state index < -0.39 is 0 Å². The summed E-state index contributed by atoms with van der Waals surface area (Å²) in [6.45, 7) is 4.43. The molecule has 0 aromatic carbocycles. The van der Waals surface area contributed by atoms with Gasteiger partial charge in [0.2, 0.25) is 0 Å². The van der Waals surface area contributed by atoms with E-state index in [1.807, 2.05) is 13.8 Å². The van der Waals surface area contributed by atoms with Gasteiger partial charge in [0.25, 0.3) is 0 Å². The van der Waals surface area contributed by atoms with Crippen molar-refractivity contribution in [1.29, 1.82) is 0 Å². The van der Waals surface area contributed by atoms with Crippen LogP contribution in [0.5, 0.6) is 0 Å². The smallest absolute Gasteiger partial charge is 0.323 e. The molecular weight excluding hydrogens is 270 g/mol. The quantitative estimate of drug-likeness (QED) is 0.559. The van der Waals surface area contributed by atoms with E-state index in [1.54, 1.807) is 24.5 Å². The van der Waals surface area contributed by atoms with Crippen molar-refractivity contribution >= 4 is 17.8 Å². The van der Waals surface area contributed by atoms with E-state index in [0.717, 1.165) is 6.42 Å². The first kappa shape index (κ1) is 17.2. The predicted octanol–water partition coefficient (Wildman–Crippen LogP) is 2.43. The Morgan fingerprint density at radius 1 is 1.48 bits per heavy atom. The van der Waals surface area contributed by atoms with Gasteiger partial charge >= 0.3 is 5.97 Å². The Hall–Kier alpha value is -1.88. The molecule has 5 nitrogen and oxygen atoms in total. The van der Waals surface area contributed by atoms with Crippen LogP contribution in [0.3, 0.4) is 0 Å². The molecule has 0 aliphatic rings. The zero-order valence-electron chi connectivity index (χ0n) is 12.8. The third kappa shape index (κ3) is 5.95. The summed E-state index contributed by atoms with van der Waals surface area (Å²) in [4.78, 5) is 23.4. The van der Waals surface area contributed by atoms with Crippen molar-refractivity contribution in [2.24, 2.45) is 5.92 Å². The second kappa shape index (κ2) is 9.13. The number of esters is 1. The van der Waals surface area contributed by atoms with Crippen LogP contribution in [0, 0.1) is 5.92 Å². The first-order valence-corrected chi connectivity index (χ1v) is 7.14. The Kier molecular flexibility index (Phi) is 7.46. The highest BCUT2D eigenvalue weighted by Gasteiger charge is 2.23. The van der Waals surface area contributed by atoms with E-state index in [0.29, 0.717) is 18.7 Å². The van der Waals surface area contributed by atoms with Crippen molar-refractivity contribution in [2.75, 3.05) is 13.7 Å². The van der Waals surface area contributed by atoms with Gasteiger partial charge in [-0.15, -0.1) is 0 Å². The molecule has 5 heteroatoms. The minimum atomic E-state index is -0.373. The second-order valence-corrected chi connectivity index (χ2v) is 4.91. The summed E-state index contributed by atoms with van der Waals surface area (Å²) in [5.41, 5.74) is 0. The monoisotopic (exact) mass is 293 g/mol. The van der Waals surface area contributed by atoms with Gasteiger partial charge in [-0.3, -0.25) is 9.59 Å². The van der Waals surface area contributed by atoms with Crippen LogP contribution in [-0.2, 0) is 14.3 Å². The maximum absolute atomic E-state index is 11.7. The molecule has 1 heterocycles. The molecule has 0 spiro atoms. The Morgan fingerprint density at radius 3 is 2.81 bits per heavy atom. The number of ketones is 1. The van der Waals surface area contributed by atoms with Gasteiger partial charge in [0.1, 0.15) is 11.8 Å². The lowest BCUT2D eigenvalue weighted by Gasteiger charge is -2.21. The number of furan rings is 1. The zero-order chi connectivity index (χ0) is 15.7. The van der Waals surface area contributed by atoms with E-state index in [2.05, 4.69) is 5.32 Å². The lowest BCUT2D eigenvalue weighted by Crippen LogP contribution is -2.43. The van der Waals surface area contributed by atoms with Crippen molar-refractivity contribution in [3.8, 4) is 0 Å².